The van der Waals surface area contributed by atoms with Crippen LogP contribution in [0.5, 0.6) is 0 Å². The van der Waals surface area contributed by atoms with E-state index in [4.69, 9.17) is 4.84 Å². The van der Waals surface area contributed by atoms with Crippen LogP contribution in [0.4, 0.5) is 0 Å². The Labute approximate surface area is 72.3 Å². The van der Waals surface area contributed by atoms with Gasteiger partial charge in [-0.2, -0.15) is 0 Å². The molecular weight excluding hydrogens is 158 g/mol. The van der Waals surface area contributed by atoms with Gasteiger partial charge in [-0.05, 0) is 32.1 Å². The van der Waals surface area contributed by atoms with Crippen molar-refractivity contribution in [1.29, 1.82) is 0 Å². The van der Waals surface area contributed by atoms with Crippen molar-refractivity contribution in [3.05, 3.63) is 11.8 Å². The van der Waals surface area contributed by atoms with E-state index < -0.39 is 0 Å². The summed E-state index contributed by atoms with van der Waals surface area (Å²) < 4.78 is 0. The molecule has 1 N–H and O–H groups in total. The third-order valence-electron chi connectivity index (χ3n) is 1.49. The topological polar surface area (TPSA) is 21.3 Å². The molecular formula is C8H15NOS. The summed E-state index contributed by atoms with van der Waals surface area (Å²) >= 11 is 1.83. The highest BCUT2D eigenvalue weighted by atomic mass is 32.2. The number of nitrogens with one attached hydrogen (secondary N) is 1. The smallest absolute Gasteiger partial charge is 0.159 e. The summed E-state index contributed by atoms with van der Waals surface area (Å²) in [6.45, 7) is 6.27. The molecule has 1 unspecified atom stereocenters. The first-order valence-corrected chi connectivity index (χ1v) is 4.92. The summed E-state index contributed by atoms with van der Waals surface area (Å²) in [7, 11) is 0. The summed E-state index contributed by atoms with van der Waals surface area (Å²) in [6, 6.07) is 0. The first-order valence-electron chi connectivity index (χ1n) is 3.94. The average molecular weight is 173 g/mol. The first-order chi connectivity index (χ1) is 5.16. The van der Waals surface area contributed by atoms with Gasteiger partial charge in [-0.25, -0.2) is 0 Å². The zero-order valence-electron chi connectivity index (χ0n) is 7.31. The maximum Gasteiger partial charge on any atom is 0.159 e. The van der Waals surface area contributed by atoms with Crippen molar-refractivity contribution in [3.8, 4) is 0 Å². The maximum atomic E-state index is 5.38. The van der Waals surface area contributed by atoms with E-state index in [-0.39, 0.29) is 4.93 Å². The second-order valence-electron chi connectivity index (χ2n) is 2.90. The van der Waals surface area contributed by atoms with E-state index in [1.165, 1.54) is 6.42 Å². The van der Waals surface area contributed by atoms with E-state index in [9.17, 15) is 0 Å². The largest absolute Gasteiger partial charge is 0.270 e. The molecule has 0 aromatic heterocycles. The summed E-state index contributed by atoms with van der Waals surface area (Å²) in [5, 5.41) is 0. The van der Waals surface area contributed by atoms with Gasteiger partial charge in [0.25, 0.3) is 0 Å². The molecule has 1 aliphatic heterocycles. The van der Waals surface area contributed by atoms with E-state index >= 15 is 0 Å². The second-order valence-corrected chi connectivity index (χ2v) is 4.40. The lowest BCUT2D eigenvalue weighted by Gasteiger charge is -2.18. The van der Waals surface area contributed by atoms with E-state index in [1.807, 2.05) is 18.7 Å². The number of thioether (sulfide) groups is 1. The second kappa shape index (κ2) is 3.50. The highest BCUT2D eigenvalue weighted by Crippen LogP contribution is 2.31. The Bertz CT molecular complexity index is 169. The number of rotatable bonds is 3. The predicted molar refractivity (Wildman–Crippen MR) is 49.1 cm³/mol. The minimum atomic E-state index is -0.139. The molecule has 0 aromatic rings. The van der Waals surface area contributed by atoms with Crippen LogP contribution in [-0.2, 0) is 4.84 Å². The van der Waals surface area contributed by atoms with Crippen molar-refractivity contribution in [2.75, 3.05) is 5.75 Å². The van der Waals surface area contributed by atoms with Gasteiger partial charge in [0.15, 0.2) is 4.93 Å². The van der Waals surface area contributed by atoms with Crippen LogP contribution in [0.15, 0.2) is 11.8 Å². The third-order valence-corrected chi connectivity index (χ3v) is 2.87. The van der Waals surface area contributed by atoms with E-state index in [1.54, 1.807) is 0 Å². The lowest BCUT2D eigenvalue weighted by Crippen LogP contribution is -2.21. The van der Waals surface area contributed by atoms with E-state index in [0.717, 1.165) is 11.4 Å². The van der Waals surface area contributed by atoms with Crippen LogP contribution in [0, 0.1) is 0 Å². The van der Waals surface area contributed by atoms with Crippen LogP contribution < -0.4 is 5.48 Å². The van der Waals surface area contributed by atoms with Gasteiger partial charge in [-0.3, -0.25) is 10.3 Å². The summed E-state index contributed by atoms with van der Waals surface area (Å²) in [5.41, 5.74) is 3.97. The lowest BCUT2D eigenvalue weighted by molar-refractivity contribution is 0.0313. The minimum Gasteiger partial charge on any atom is -0.270 e. The number of hydrogen-bond acceptors (Lipinski definition) is 3. The molecule has 11 heavy (non-hydrogen) atoms. The average Bonchev–Trinajstić information content (AvgIpc) is 2.28. The van der Waals surface area contributed by atoms with Crippen LogP contribution >= 0.6 is 11.8 Å². The van der Waals surface area contributed by atoms with Crippen molar-refractivity contribution in [3.63, 3.8) is 0 Å². The molecule has 1 atom stereocenters. The van der Waals surface area contributed by atoms with Crippen molar-refractivity contribution in [1.82, 2.24) is 5.48 Å². The molecule has 1 rings (SSSR count). The molecule has 0 aromatic carbocycles. The monoisotopic (exact) mass is 173 g/mol. The van der Waals surface area contributed by atoms with Crippen molar-refractivity contribution in [2.24, 2.45) is 0 Å². The zero-order chi connectivity index (χ0) is 8.32. The Morgan fingerprint density at radius 2 is 2.45 bits per heavy atom. The molecule has 2 nitrogen and oxygen atoms in total. The van der Waals surface area contributed by atoms with Crippen LogP contribution in [-0.4, -0.2) is 10.7 Å². The molecule has 0 spiro atoms. The van der Waals surface area contributed by atoms with Crippen LogP contribution in [0.3, 0.4) is 0 Å². The Morgan fingerprint density at radius 3 is 2.91 bits per heavy atom. The molecule has 0 saturated heterocycles. The minimum absolute atomic E-state index is 0.139. The number of hydrogen-bond donors (Lipinski definition) is 1. The molecule has 0 aliphatic carbocycles. The Balaban J connectivity index is 2.42. The Hall–Kier alpha value is -0.150. The maximum absolute atomic E-state index is 5.38. The molecule has 0 saturated carbocycles. The van der Waals surface area contributed by atoms with Gasteiger partial charge in [0.2, 0.25) is 0 Å². The number of hydroxylamine groups is 1. The van der Waals surface area contributed by atoms with Crippen molar-refractivity contribution >= 4 is 11.8 Å². The SMILES string of the molecule is CCCSC1(C)C=C(C)NO1. The van der Waals surface area contributed by atoms with Gasteiger partial charge >= 0.3 is 0 Å². The summed E-state index contributed by atoms with van der Waals surface area (Å²) in [6.07, 6.45) is 3.31. The fourth-order valence-corrected chi connectivity index (χ4v) is 1.98. The van der Waals surface area contributed by atoms with Crippen LogP contribution in [0.1, 0.15) is 27.2 Å². The van der Waals surface area contributed by atoms with Crippen LogP contribution in [0.2, 0.25) is 0 Å². The molecule has 1 aliphatic rings. The highest BCUT2D eigenvalue weighted by Gasteiger charge is 2.28. The Kier molecular flexibility index (Phi) is 2.84. The molecule has 0 amide bonds. The summed E-state index contributed by atoms with van der Waals surface area (Å²) in [4.78, 5) is 5.24. The van der Waals surface area contributed by atoms with Gasteiger partial charge < -0.3 is 0 Å². The van der Waals surface area contributed by atoms with E-state index in [2.05, 4.69) is 25.4 Å². The van der Waals surface area contributed by atoms with Gasteiger partial charge in [-0.1, -0.05) is 6.92 Å². The molecule has 64 valence electrons. The molecule has 3 heteroatoms. The standard InChI is InChI=1S/C8H15NOS/c1-4-5-11-8(3)6-7(2)9-10-8/h6,9H,4-5H2,1-3H3. The van der Waals surface area contributed by atoms with Crippen molar-refractivity contribution in [2.45, 2.75) is 32.1 Å². The van der Waals surface area contributed by atoms with E-state index in [0.29, 0.717) is 0 Å². The number of allylic oxidation sites excluding steroid dienone is 1. The molecule has 0 bridgehead atoms. The van der Waals surface area contributed by atoms with Crippen molar-refractivity contribution < 1.29 is 4.84 Å². The Morgan fingerprint density at radius 1 is 1.73 bits per heavy atom. The molecule has 0 fully saturated rings. The fourth-order valence-electron chi connectivity index (χ4n) is 1.01. The third kappa shape index (κ3) is 2.42. The summed E-state index contributed by atoms with van der Waals surface area (Å²) in [5.74, 6) is 1.14. The lowest BCUT2D eigenvalue weighted by atomic mass is 10.3. The zero-order valence-corrected chi connectivity index (χ0v) is 8.12. The van der Waals surface area contributed by atoms with Gasteiger partial charge in [0.1, 0.15) is 0 Å². The first kappa shape index (κ1) is 8.94. The molecule has 1 heterocycles. The predicted octanol–water partition coefficient (Wildman–Crippen LogP) is 2.28. The fraction of sp³-hybridized carbons (Fsp3) is 0.750. The van der Waals surface area contributed by atoms with Crippen LogP contribution in [0.25, 0.3) is 0 Å². The van der Waals surface area contributed by atoms with Gasteiger partial charge in [0.05, 0.1) is 0 Å². The van der Waals surface area contributed by atoms with Gasteiger partial charge in [0, 0.05) is 5.70 Å². The molecule has 0 radical (unpaired) electrons. The van der Waals surface area contributed by atoms with Gasteiger partial charge in [-0.15, -0.1) is 11.8 Å². The normalized spacial score (nSPS) is 29.9. The highest BCUT2D eigenvalue weighted by molar-refractivity contribution is 8.00. The quantitative estimate of drug-likeness (QED) is 0.707.